The number of benzene rings is 1. The number of hydrogen-bond donors (Lipinski definition) is 1. The summed E-state index contributed by atoms with van der Waals surface area (Å²) >= 11 is 0. The Morgan fingerprint density at radius 3 is 1.83 bits per heavy atom. The Labute approximate surface area is 111 Å². The van der Waals surface area contributed by atoms with Crippen molar-refractivity contribution in [3.63, 3.8) is 0 Å². The fourth-order valence-corrected chi connectivity index (χ4v) is 1.84. The number of rotatable bonds is 3. The van der Waals surface area contributed by atoms with E-state index in [2.05, 4.69) is 32.9 Å². The second kappa shape index (κ2) is 5.41. The van der Waals surface area contributed by atoms with Gasteiger partial charge in [0.2, 0.25) is 0 Å². The van der Waals surface area contributed by atoms with Gasteiger partial charge in [0.05, 0.1) is 12.2 Å². The van der Waals surface area contributed by atoms with E-state index >= 15 is 0 Å². The molecule has 0 amide bonds. The highest BCUT2D eigenvalue weighted by molar-refractivity contribution is 5.28. The predicted molar refractivity (Wildman–Crippen MR) is 75.8 cm³/mol. The van der Waals surface area contributed by atoms with E-state index in [1.165, 1.54) is 5.56 Å². The van der Waals surface area contributed by atoms with E-state index in [1.807, 2.05) is 32.9 Å². The van der Waals surface area contributed by atoms with Crippen LogP contribution < -0.4 is 0 Å². The van der Waals surface area contributed by atoms with Crippen molar-refractivity contribution < 1.29 is 9.84 Å². The molecule has 0 bridgehead atoms. The van der Waals surface area contributed by atoms with Crippen LogP contribution in [-0.4, -0.2) is 17.3 Å². The molecule has 0 aliphatic carbocycles. The third-order valence-corrected chi connectivity index (χ3v) is 2.81. The van der Waals surface area contributed by atoms with Gasteiger partial charge in [-0.15, -0.1) is 0 Å². The first-order valence-corrected chi connectivity index (χ1v) is 6.52. The Bertz CT molecular complexity index is 366. The van der Waals surface area contributed by atoms with E-state index in [9.17, 15) is 5.11 Å². The molecule has 1 aromatic carbocycles. The van der Waals surface area contributed by atoms with E-state index < -0.39 is 0 Å². The zero-order chi connectivity index (χ0) is 14.0. The average molecular weight is 250 g/mol. The van der Waals surface area contributed by atoms with Crippen molar-refractivity contribution in [3.05, 3.63) is 35.4 Å². The lowest BCUT2D eigenvalue weighted by molar-refractivity contribution is -0.0822. The molecule has 0 spiro atoms. The molecule has 0 aromatic heterocycles. The lowest BCUT2D eigenvalue weighted by Gasteiger charge is -2.27. The molecule has 18 heavy (non-hydrogen) atoms. The first-order chi connectivity index (χ1) is 8.13. The van der Waals surface area contributed by atoms with Gasteiger partial charge < -0.3 is 9.84 Å². The van der Waals surface area contributed by atoms with Crippen LogP contribution in [0.4, 0.5) is 0 Å². The molecule has 0 saturated carbocycles. The SMILES string of the molecule is CC(C)(C)OC(CO)c1ccc(C(C)(C)C)cc1. The first-order valence-electron chi connectivity index (χ1n) is 6.52. The molecule has 0 fully saturated rings. The number of aliphatic hydroxyl groups is 1. The third-order valence-electron chi connectivity index (χ3n) is 2.81. The van der Waals surface area contributed by atoms with Crippen molar-refractivity contribution in [2.24, 2.45) is 0 Å². The minimum absolute atomic E-state index is 0.00609. The minimum atomic E-state index is -0.254. The summed E-state index contributed by atoms with van der Waals surface area (Å²) < 4.78 is 5.85. The van der Waals surface area contributed by atoms with Gasteiger partial charge in [0.15, 0.2) is 0 Å². The Morgan fingerprint density at radius 2 is 1.50 bits per heavy atom. The van der Waals surface area contributed by atoms with Crippen LogP contribution in [0.25, 0.3) is 0 Å². The zero-order valence-corrected chi connectivity index (χ0v) is 12.4. The molecule has 102 valence electrons. The first kappa shape index (κ1) is 15.2. The molecule has 2 heteroatoms. The maximum Gasteiger partial charge on any atom is 0.106 e. The summed E-state index contributed by atoms with van der Waals surface area (Å²) in [6, 6.07) is 8.33. The average Bonchev–Trinajstić information content (AvgIpc) is 2.24. The molecule has 1 N–H and O–H groups in total. The quantitative estimate of drug-likeness (QED) is 0.883. The number of aliphatic hydroxyl groups excluding tert-OH is 1. The Morgan fingerprint density at radius 1 is 1.00 bits per heavy atom. The summed E-state index contributed by atoms with van der Waals surface area (Å²) in [5.41, 5.74) is 2.22. The maximum atomic E-state index is 9.45. The molecule has 1 rings (SSSR count). The highest BCUT2D eigenvalue weighted by atomic mass is 16.5. The predicted octanol–water partition coefficient (Wildman–Crippen LogP) is 3.83. The van der Waals surface area contributed by atoms with Gasteiger partial charge in [-0.1, -0.05) is 45.0 Å². The van der Waals surface area contributed by atoms with Gasteiger partial charge in [-0.05, 0) is 37.3 Å². The Hall–Kier alpha value is -0.860. The van der Waals surface area contributed by atoms with Gasteiger partial charge in [0.25, 0.3) is 0 Å². The van der Waals surface area contributed by atoms with E-state index in [4.69, 9.17) is 4.74 Å². The lowest BCUT2D eigenvalue weighted by atomic mass is 9.86. The van der Waals surface area contributed by atoms with Gasteiger partial charge >= 0.3 is 0 Å². The van der Waals surface area contributed by atoms with E-state index in [1.54, 1.807) is 0 Å². The van der Waals surface area contributed by atoms with Crippen LogP contribution in [0.2, 0.25) is 0 Å². The molecule has 1 unspecified atom stereocenters. The standard InChI is InChI=1S/C16H26O2/c1-15(2,3)13-9-7-12(8-10-13)14(11-17)18-16(4,5)6/h7-10,14,17H,11H2,1-6H3. The van der Waals surface area contributed by atoms with Gasteiger partial charge in [-0.25, -0.2) is 0 Å². The lowest BCUT2D eigenvalue weighted by Crippen LogP contribution is -2.24. The maximum absolute atomic E-state index is 9.45. The van der Waals surface area contributed by atoms with Crippen molar-refractivity contribution >= 4 is 0 Å². The molecule has 1 atom stereocenters. The molecule has 1 aromatic rings. The largest absolute Gasteiger partial charge is 0.393 e. The van der Waals surface area contributed by atoms with Crippen molar-refractivity contribution in [3.8, 4) is 0 Å². The molecular formula is C16H26O2. The molecule has 0 aliphatic rings. The smallest absolute Gasteiger partial charge is 0.106 e. The van der Waals surface area contributed by atoms with Gasteiger partial charge in [0, 0.05) is 0 Å². The van der Waals surface area contributed by atoms with Crippen LogP contribution in [0, 0.1) is 0 Å². The molecule has 0 aliphatic heterocycles. The van der Waals surface area contributed by atoms with Crippen molar-refractivity contribution in [1.82, 2.24) is 0 Å². The fraction of sp³-hybridized carbons (Fsp3) is 0.625. The monoisotopic (exact) mass is 250 g/mol. The van der Waals surface area contributed by atoms with Crippen LogP contribution >= 0.6 is 0 Å². The Kier molecular flexibility index (Phi) is 4.57. The molecule has 0 saturated heterocycles. The summed E-state index contributed by atoms with van der Waals surface area (Å²) in [7, 11) is 0. The van der Waals surface area contributed by atoms with Gasteiger partial charge in [-0.2, -0.15) is 0 Å². The van der Waals surface area contributed by atoms with E-state index in [-0.39, 0.29) is 23.7 Å². The second-order valence-corrected chi connectivity index (χ2v) is 6.77. The van der Waals surface area contributed by atoms with Crippen molar-refractivity contribution in [2.75, 3.05) is 6.61 Å². The van der Waals surface area contributed by atoms with Crippen LogP contribution in [0.3, 0.4) is 0 Å². The summed E-state index contributed by atoms with van der Waals surface area (Å²) in [5, 5.41) is 9.45. The minimum Gasteiger partial charge on any atom is -0.393 e. The van der Waals surface area contributed by atoms with Crippen LogP contribution in [0.1, 0.15) is 58.8 Å². The molecule has 0 radical (unpaired) electrons. The topological polar surface area (TPSA) is 29.5 Å². The fourth-order valence-electron chi connectivity index (χ4n) is 1.84. The third kappa shape index (κ3) is 4.43. The van der Waals surface area contributed by atoms with Crippen molar-refractivity contribution in [1.29, 1.82) is 0 Å². The molecular weight excluding hydrogens is 224 g/mol. The Balaban J connectivity index is 2.89. The van der Waals surface area contributed by atoms with Gasteiger partial charge in [-0.3, -0.25) is 0 Å². The number of ether oxygens (including phenoxy) is 1. The van der Waals surface area contributed by atoms with Crippen LogP contribution in [0.5, 0.6) is 0 Å². The summed E-state index contributed by atoms with van der Waals surface area (Å²) in [4.78, 5) is 0. The van der Waals surface area contributed by atoms with Crippen LogP contribution in [-0.2, 0) is 10.2 Å². The zero-order valence-electron chi connectivity index (χ0n) is 12.4. The van der Waals surface area contributed by atoms with Gasteiger partial charge in [0.1, 0.15) is 6.10 Å². The van der Waals surface area contributed by atoms with E-state index in [0.717, 1.165) is 5.56 Å². The van der Waals surface area contributed by atoms with Crippen molar-refractivity contribution in [2.45, 2.75) is 58.7 Å². The summed E-state index contributed by atoms with van der Waals surface area (Å²) in [6.45, 7) is 12.6. The van der Waals surface area contributed by atoms with Crippen LogP contribution in [0.15, 0.2) is 24.3 Å². The highest BCUT2D eigenvalue weighted by Gasteiger charge is 2.20. The molecule has 0 heterocycles. The highest BCUT2D eigenvalue weighted by Crippen LogP contribution is 2.27. The van der Waals surface area contributed by atoms with E-state index in [0.29, 0.717) is 0 Å². The molecule has 2 nitrogen and oxygen atoms in total. The number of hydrogen-bond acceptors (Lipinski definition) is 2. The normalized spacial score (nSPS) is 14.6. The second-order valence-electron chi connectivity index (χ2n) is 6.77. The summed E-state index contributed by atoms with van der Waals surface area (Å²) in [5.74, 6) is 0. The summed E-state index contributed by atoms with van der Waals surface area (Å²) in [6.07, 6.45) is -0.251.